The zero-order chi connectivity index (χ0) is 15.7. The molecular weight excluding hydrogens is 314 g/mol. The Bertz CT molecular complexity index is 584. The SMILES string of the molecule is CCc1c(C(=O)NNC(=S)N[C@H]2C[C@H]3CC[C@@H]2C3)csc1C. The molecule has 2 saturated carbocycles. The minimum atomic E-state index is -0.113. The minimum absolute atomic E-state index is 0.113. The van der Waals surface area contributed by atoms with Gasteiger partial charge in [0, 0.05) is 16.3 Å². The Hall–Kier alpha value is -1.14. The fourth-order valence-corrected chi connectivity index (χ4v) is 5.06. The van der Waals surface area contributed by atoms with Crippen LogP contribution in [0.1, 0.15) is 53.4 Å². The predicted octanol–water partition coefficient (Wildman–Crippen LogP) is 2.92. The van der Waals surface area contributed by atoms with Gasteiger partial charge in [0.25, 0.3) is 5.91 Å². The number of hydrogen-bond acceptors (Lipinski definition) is 3. The zero-order valence-corrected chi connectivity index (χ0v) is 14.7. The van der Waals surface area contributed by atoms with Crippen LogP contribution in [0.25, 0.3) is 0 Å². The molecule has 0 saturated heterocycles. The molecule has 1 aromatic rings. The molecule has 0 aliphatic heterocycles. The Morgan fingerprint density at radius 2 is 2.18 bits per heavy atom. The molecule has 1 aromatic heterocycles. The largest absolute Gasteiger partial charge is 0.358 e. The van der Waals surface area contributed by atoms with Crippen LogP contribution in [-0.2, 0) is 6.42 Å². The second-order valence-corrected chi connectivity index (χ2v) is 7.86. The molecular formula is C16H23N3OS2. The Labute approximate surface area is 141 Å². The third-order valence-electron chi connectivity index (χ3n) is 5.05. The lowest BCUT2D eigenvalue weighted by Crippen LogP contribution is -2.50. The molecule has 0 aromatic carbocycles. The normalized spacial score (nSPS) is 26.0. The molecule has 6 heteroatoms. The molecule has 4 nitrogen and oxygen atoms in total. The third kappa shape index (κ3) is 3.13. The number of carbonyl (C=O) groups is 1. The number of amides is 1. The van der Waals surface area contributed by atoms with Crippen LogP contribution in [0.5, 0.6) is 0 Å². The number of fused-ring (bicyclic) bond motifs is 2. The van der Waals surface area contributed by atoms with E-state index in [0.29, 0.717) is 11.2 Å². The maximum absolute atomic E-state index is 12.3. The minimum Gasteiger partial charge on any atom is -0.358 e. The van der Waals surface area contributed by atoms with E-state index < -0.39 is 0 Å². The van der Waals surface area contributed by atoms with Crippen molar-refractivity contribution in [1.29, 1.82) is 0 Å². The van der Waals surface area contributed by atoms with E-state index in [0.717, 1.165) is 29.4 Å². The van der Waals surface area contributed by atoms with Gasteiger partial charge in [-0.1, -0.05) is 13.3 Å². The molecule has 120 valence electrons. The van der Waals surface area contributed by atoms with Crippen molar-refractivity contribution in [2.45, 2.75) is 52.0 Å². The number of thiocarbonyl (C=S) groups is 1. The first-order chi connectivity index (χ1) is 10.6. The number of carbonyl (C=O) groups excluding carboxylic acids is 1. The summed E-state index contributed by atoms with van der Waals surface area (Å²) in [7, 11) is 0. The zero-order valence-electron chi connectivity index (χ0n) is 13.1. The number of thiophene rings is 1. The summed E-state index contributed by atoms with van der Waals surface area (Å²) in [5.74, 6) is 1.52. The Morgan fingerprint density at radius 3 is 2.82 bits per heavy atom. The lowest BCUT2D eigenvalue weighted by atomic mass is 9.96. The quantitative estimate of drug-likeness (QED) is 0.586. The molecule has 3 rings (SSSR count). The van der Waals surface area contributed by atoms with Crippen LogP contribution < -0.4 is 16.2 Å². The van der Waals surface area contributed by atoms with Crippen LogP contribution in [0.3, 0.4) is 0 Å². The van der Waals surface area contributed by atoms with E-state index in [9.17, 15) is 4.79 Å². The highest BCUT2D eigenvalue weighted by molar-refractivity contribution is 7.80. The van der Waals surface area contributed by atoms with Crippen molar-refractivity contribution in [3.63, 3.8) is 0 Å². The van der Waals surface area contributed by atoms with Gasteiger partial charge in [-0.3, -0.25) is 15.6 Å². The van der Waals surface area contributed by atoms with Crippen LogP contribution in [0.2, 0.25) is 0 Å². The molecule has 2 aliphatic carbocycles. The van der Waals surface area contributed by atoms with Gasteiger partial charge in [-0.2, -0.15) is 0 Å². The summed E-state index contributed by atoms with van der Waals surface area (Å²) in [5, 5.41) is 5.80. The van der Waals surface area contributed by atoms with Crippen molar-refractivity contribution in [3.05, 3.63) is 21.4 Å². The molecule has 3 N–H and O–H groups in total. The smallest absolute Gasteiger partial charge is 0.270 e. The monoisotopic (exact) mass is 337 g/mol. The number of hydrazine groups is 1. The van der Waals surface area contributed by atoms with Crippen molar-refractivity contribution in [2.75, 3.05) is 0 Å². The molecule has 0 spiro atoms. The third-order valence-corrected chi connectivity index (χ3v) is 6.22. The van der Waals surface area contributed by atoms with E-state index in [1.165, 1.54) is 30.6 Å². The topological polar surface area (TPSA) is 53.2 Å². The standard InChI is InChI=1S/C16H23N3OS2/c1-3-12-9(2)22-8-13(12)15(20)18-19-16(21)17-14-7-10-4-5-11(14)6-10/h8,10-11,14H,3-7H2,1-2H3,(H,18,20)(H2,17,19,21)/t10-,11+,14-/m0/s1. The summed E-state index contributed by atoms with van der Waals surface area (Å²) in [5.41, 5.74) is 7.44. The van der Waals surface area contributed by atoms with Crippen molar-refractivity contribution >= 4 is 34.6 Å². The van der Waals surface area contributed by atoms with Crippen LogP contribution in [0.4, 0.5) is 0 Å². The summed E-state index contributed by atoms with van der Waals surface area (Å²) in [6.45, 7) is 4.12. The first-order valence-corrected chi connectivity index (χ1v) is 9.31. The first kappa shape index (κ1) is 15.7. The molecule has 0 radical (unpaired) electrons. The van der Waals surface area contributed by atoms with Crippen LogP contribution in [0.15, 0.2) is 5.38 Å². The second-order valence-electron chi connectivity index (χ2n) is 6.37. The van der Waals surface area contributed by atoms with Crippen LogP contribution >= 0.6 is 23.6 Å². The summed E-state index contributed by atoms with van der Waals surface area (Å²) >= 11 is 6.92. The fourth-order valence-electron chi connectivity index (χ4n) is 3.92. The molecule has 2 fully saturated rings. The van der Waals surface area contributed by atoms with Crippen molar-refractivity contribution in [2.24, 2.45) is 11.8 Å². The van der Waals surface area contributed by atoms with E-state index in [1.807, 2.05) is 5.38 Å². The number of hydrogen-bond donors (Lipinski definition) is 3. The van der Waals surface area contributed by atoms with E-state index in [1.54, 1.807) is 11.3 Å². The number of rotatable bonds is 3. The molecule has 3 atom stereocenters. The number of aryl methyl sites for hydroxylation is 1. The second kappa shape index (κ2) is 6.54. The van der Waals surface area contributed by atoms with E-state index in [2.05, 4.69) is 30.0 Å². The summed E-state index contributed by atoms with van der Waals surface area (Å²) in [4.78, 5) is 13.5. The van der Waals surface area contributed by atoms with Gasteiger partial charge in [0.2, 0.25) is 0 Å². The van der Waals surface area contributed by atoms with Gasteiger partial charge in [-0.25, -0.2) is 0 Å². The van der Waals surface area contributed by atoms with Gasteiger partial charge >= 0.3 is 0 Å². The molecule has 2 bridgehead atoms. The number of nitrogens with one attached hydrogen (secondary N) is 3. The maximum Gasteiger partial charge on any atom is 0.270 e. The van der Waals surface area contributed by atoms with Gasteiger partial charge in [0.15, 0.2) is 5.11 Å². The summed E-state index contributed by atoms with van der Waals surface area (Å²) < 4.78 is 0. The Morgan fingerprint density at radius 1 is 1.36 bits per heavy atom. The predicted molar refractivity (Wildman–Crippen MR) is 94.0 cm³/mol. The highest BCUT2D eigenvalue weighted by Gasteiger charge is 2.39. The van der Waals surface area contributed by atoms with Crippen LogP contribution in [-0.4, -0.2) is 17.1 Å². The lowest BCUT2D eigenvalue weighted by Gasteiger charge is -2.24. The van der Waals surface area contributed by atoms with E-state index >= 15 is 0 Å². The van der Waals surface area contributed by atoms with Gasteiger partial charge in [0.1, 0.15) is 0 Å². The van der Waals surface area contributed by atoms with Crippen LogP contribution in [0, 0.1) is 18.8 Å². The molecule has 1 heterocycles. The van der Waals surface area contributed by atoms with Gasteiger partial charge in [-0.05, 0) is 62.2 Å². The highest BCUT2D eigenvalue weighted by atomic mass is 32.1. The fraction of sp³-hybridized carbons (Fsp3) is 0.625. The van der Waals surface area contributed by atoms with Gasteiger partial charge in [0.05, 0.1) is 5.56 Å². The average Bonchev–Trinajstić information content (AvgIpc) is 3.19. The highest BCUT2D eigenvalue weighted by Crippen LogP contribution is 2.44. The first-order valence-electron chi connectivity index (χ1n) is 8.02. The Kier molecular flexibility index (Phi) is 4.68. The van der Waals surface area contributed by atoms with E-state index in [-0.39, 0.29) is 5.91 Å². The summed E-state index contributed by atoms with van der Waals surface area (Å²) in [6, 6.07) is 0.477. The molecule has 22 heavy (non-hydrogen) atoms. The van der Waals surface area contributed by atoms with Gasteiger partial charge < -0.3 is 5.32 Å². The van der Waals surface area contributed by atoms with Crippen molar-refractivity contribution < 1.29 is 4.79 Å². The molecule has 1 amide bonds. The van der Waals surface area contributed by atoms with Crippen molar-refractivity contribution in [1.82, 2.24) is 16.2 Å². The van der Waals surface area contributed by atoms with E-state index in [4.69, 9.17) is 12.2 Å². The maximum atomic E-state index is 12.3. The average molecular weight is 338 g/mol. The molecule has 0 unspecified atom stereocenters. The molecule has 2 aliphatic rings. The lowest BCUT2D eigenvalue weighted by molar-refractivity contribution is 0.0943. The summed E-state index contributed by atoms with van der Waals surface area (Å²) in [6.07, 6.45) is 6.10. The van der Waals surface area contributed by atoms with Gasteiger partial charge in [-0.15, -0.1) is 11.3 Å². The Balaban J connectivity index is 1.49. The van der Waals surface area contributed by atoms with Crippen molar-refractivity contribution in [3.8, 4) is 0 Å².